The number of anilines is 1. The summed E-state index contributed by atoms with van der Waals surface area (Å²) in [7, 11) is 0. The maximum absolute atomic E-state index is 14.5. The minimum Gasteiger partial charge on any atom is -0.378 e. The summed E-state index contributed by atoms with van der Waals surface area (Å²) in [6.07, 6.45) is 7.81. The number of aromatic amines is 1. The summed E-state index contributed by atoms with van der Waals surface area (Å²) in [6.45, 7) is 2.26. The van der Waals surface area contributed by atoms with Gasteiger partial charge < -0.3 is 19.9 Å². The van der Waals surface area contributed by atoms with Crippen LogP contribution in [0.5, 0.6) is 0 Å². The van der Waals surface area contributed by atoms with Gasteiger partial charge in [0.1, 0.15) is 17.5 Å². The SMILES string of the molecule is O=C(c1ccc(-c2cc(NC3CC4CCC3CC4)nc(-c3c[nH]c4c(F)cc(F)cc34)n2)cc1)N1CCOCC1. The number of carbonyl (C=O) groups excluding carboxylic acids is 1. The fourth-order valence-electron chi connectivity index (χ4n) is 6.61. The molecule has 3 saturated carbocycles. The summed E-state index contributed by atoms with van der Waals surface area (Å²) >= 11 is 0. The summed E-state index contributed by atoms with van der Waals surface area (Å²) in [5.74, 6) is 1.11. The molecule has 1 atom stereocenters. The Hall–Kier alpha value is -3.85. The third-order valence-corrected chi connectivity index (χ3v) is 8.78. The van der Waals surface area contributed by atoms with Crippen molar-refractivity contribution in [1.82, 2.24) is 19.9 Å². The average Bonchev–Trinajstić information content (AvgIpc) is 3.42. The van der Waals surface area contributed by atoms with E-state index in [1.807, 2.05) is 30.3 Å². The van der Waals surface area contributed by atoms with Gasteiger partial charge in [0.2, 0.25) is 0 Å². The van der Waals surface area contributed by atoms with E-state index >= 15 is 0 Å². The Morgan fingerprint density at radius 2 is 1.77 bits per heavy atom. The van der Waals surface area contributed by atoms with Gasteiger partial charge in [-0.25, -0.2) is 18.7 Å². The molecule has 3 heterocycles. The highest BCUT2D eigenvalue weighted by atomic mass is 19.1. The van der Waals surface area contributed by atoms with Crippen LogP contribution in [0.1, 0.15) is 42.5 Å². The number of nitrogens with one attached hydrogen (secondary N) is 2. The lowest BCUT2D eigenvalue weighted by molar-refractivity contribution is 0.0303. The summed E-state index contributed by atoms with van der Waals surface area (Å²) in [5.41, 5.74) is 2.86. The van der Waals surface area contributed by atoms with Crippen LogP contribution in [-0.2, 0) is 4.74 Å². The standard InChI is InChI=1S/C31H31F2N5O2/c32-22-14-23-24(17-34-29(23)25(33)15-22)30-36-27(16-28(37-30)35-26-13-18-1-3-19(26)4-2-18)20-5-7-21(8-6-20)31(39)38-9-11-40-12-10-38/h5-8,14-19,26,34H,1-4,9-13H2,(H,35,36,37). The van der Waals surface area contributed by atoms with Gasteiger partial charge in [-0.15, -0.1) is 0 Å². The van der Waals surface area contributed by atoms with Crippen molar-refractivity contribution in [3.8, 4) is 22.6 Å². The van der Waals surface area contributed by atoms with Gasteiger partial charge in [-0.3, -0.25) is 4.79 Å². The van der Waals surface area contributed by atoms with Gasteiger partial charge in [0, 0.05) is 59.5 Å². The first kappa shape index (κ1) is 25.1. The molecule has 9 heteroatoms. The molecule has 4 aromatic rings. The molecule has 40 heavy (non-hydrogen) atoms. The van der Waals surface area contributed by atoms with Crippen LogP contribution in [0.3, 0.4) is 0 Å². The molecule has 2 bridgehead atoms. The van der Waals surface area contributed by atoms with E-state index in [-0.39, 0.29) is 11.4 Å². The normalized spacial score (nSPS) is 22.6. The van der Waals surface area contributed by atoms with Crippen LogP contribution >= 0.6 is 0 Å². The van der Waals surface area contributed by atoms with Gasteiger partial charge in [0.15, 0.2) is 5.82 Å². The van der Waals surface area contributed by atoms with Gasteiger partial charge in [0.05, 0.1) is 24.4 Å². The lowest BCUT2D eigenvalue weighted by Crippen LogP contribution is -2.40. The molecule has 4 fully saturated rings. The zero-order chi connectivity index (χ0) is 27.2. The maximum Gasteiger partial charge on any atom is 0.254 e. The number of aromatic nitrogens is 3. The molecule has 0 radical (unpaired) electrons. The van der Waals surface area contributed by atoms with E-state index in [4.69, 9.17) is 14.7 Å². The monoisotopic (exact) mass is 543 g/mol. The second kappa shape index (κ2) is 10.3. The van der Waals surface area contributed by atoms with Crippen molar-refractivity contribution in [2.75, 3.05) is 31.6 Å². The van der Waals surface area contributed by atoms with Crippen LogP contribution in [0.4, 0.5) is 14.6 Å². The van der Waals surface area contributed by atoms with E-state index in [2.05, 4.69) is 10.3 Å². The Labute approximate surface area is 231 Å². The molecule has 7 nitrogen and oxygen atoms in total. The number of hydrogen-bond donors (Lipinski definition) is 2. The second-order valence-corrected chi connectivity index (χ2v) is 11.2. The Kier molecular flexibility index (Phi) is 6.46. The van der Waals surface area contributed by atoms with E-state index in [0.29, 0.717) is 72.1 Å². The molecule has 2 aromatic heterocycles. The lowest BCUT2D eigenvalue weighted by atomic mass is 9.68. The van der Waals surface area contributed by atoms with Crippen LogP contribution in [-0.4, -0.2) is 58.1 Å². The zero-order valence-corrected chi connectivity index (χ0v) is 22.1. The van der Waals surface area contributed by atoms with Crippen LogP contribution < -0.4 is 5.32 Å². The van der Waals surface area contributed by atoms with Crippen molar-refractivity contribution in [2.45, 2.75) is 38.1 Å². The smallest absolute Gasteiger partial charge is 0.254 e. The predicted molar refractivity (Wildman–Crippen MR) is 149 cm³/mol. The Morgan fingerprint density at radius 1 is 1.00 bits per heavy atom. The number of ether oxygens (including phenoxy) is 1. The molecule has 1 unspecified atom stereocenters. The van der Waals surface area contributed by atoms with Gasteiger partial charge >= 0.3 is 0 Å². The molecule has 4 aliphatic rings. The molecule has 1 amide bonds. The zero-order valence-electron chi connectivity index (χ0n) is 22.1. The average molecular weight is 544 g/mol. The Morgan fingerprint density at radius 3 is 2.50 bits per heavy atom. The highest BCUT2D eigenvalue weighted by molar-refractivity contribution is 5.95. The van der Waals surface area contributed by atoms with Gasteiger partial charge in [0.25, 0.3) is 5.91 Å². The second-order valence-electron chi connectivity index (χ2n) is 11.2. The molecule has 2 N–H and O–H groups in total. The number of hydrogen-bond acceptors (Lipinski definition) is 5. The molecular formula is C31H31F2N5O2. The van der Waals surface area contributed by atoms with Crippen molar-refractivity contribution in [2.24, 2.45) is 11.8 Å². The van der Waals surface area contributed by atoms with Crippen LogP contribution in [0.2, 0.25) is 0 Å². The lowest BCUT2D eigenvalue weighted by Gasteiger charge is -2.42. The minimum atomic E-state index is -0.658. The fourth-order valence-corrected chi connectivity index (χ4v) is 6.61. The van der Waals surface area contributed by atoms with Gasteiger partial charge in [-0.05, 0) is 49.3 Å². The highest BCUT2D eigenvalue weighted by Crippen LogP contribution is 2.42. The van der Waals surface area contributed by atoms with Crippen molar-refractivity contribution in [3.05, 3.63) is 65.9 Å². The summed E-state index contributed by atoms with van der Waals surface area (Å²) in [4.78, 5) is 27.3. The van der Waals surface area contributed by atoms with Crippen molar-refractivity contribution < 1.29 is 18.3 Å². The molecule has 206 valence electrons. The number of H-pyrrole nitrogens is 1. The van der Waals surface area contributed by atoms with Gasteiger partial charge in [-0.2, -0.15) is 0 Å². The number of benzene rings is 2. The van der Waals surface area contributed by atoms with Crippen molar-refractivity contribution in [3.63, 3.8) is 0 Å². The first-order valence-corrected chi connectivity index (χ1v) is 14.1. The largest absolute Gasteiger partial charge is 0.378 e. The van der Waals surface area contributed by atoms with Crippen LogP contribution in [0, 0.1) is 23.5 Å². The number of morpholine rings is 1. The van der Waals surface area contributed by atoms with E-state index in [1.54, 1.807) is 11.1 Å². The molecular weight excluding hydrogens is 512 g/mol. The molecule has 1 aliphatic heterocycles. The molecule has 2 aromatic carbocycles. The number of halogens is 2. The summed E-state index contributed by atoms with van der Waals surface area (Å²) in [5, 5.41) is 4.08. The molecule has 8 rings (SSSR count). The minimum absolute atomic E-state index is 0.0178. The molecule has 1 saturated heterocycles. The third kappa shape index (κ3) is 4.72. The Bertz CT molecular complexity index is 1560. The third-order valence-electron chi connectivity index (χ3n) is 8.78. The van der Waals surface area contributed by atoms with Crippen LogP contribution in [0.25, 0.3) is 33.5 Å². The molecule has 0 spiro atoms. The number of fused-ring (bicyclic) bond motifs is 4. The topological polar surface area (TPSA) is 83.1 Å². The molecule has 3 aliphatic carbocycles. The van der Waals surface area contributed by atoms with E-state index in [9.17, 15) is 13.6 Å². The highest BCUT2D eigenvalue weighted by Gasteiger charge is 2.35. The first-order chi connectivity index (χ1) is 19.5. The first-order valence-electron chi connectivity index (χ1n) is 14.1. The van der Waals surface area contributed by atoms with Crippen molar-refractivity contribution in [1.29, 1.82) is 0 Å². The quantitative estimate of drug-likeness (QED) is 0.321. The Balaban J connectivity index is 1.26. The predicted octanol–water partition coefficient (Wildman–Crippen LogP) is 6.03. The van der Waals surface area contributed by atoms with Gasteiger partial charge in [-0.1, -0.05) is 25.0 Å². The summed E-state index contributed by atoms with van der Waals surface area (Å²) < 4.78 is 34.0. The van der Waals surface area contributed by atoms with E-state index in [1.165, 1.54) is 31.7 Å². The fraction of sp³-hybridized carbons (Fsp3) is 0.387. The van der Waals surface area contributed by atoms with E-state index < -0.39 is 11.6 Å². The number of amides is 1. The van der Waals surface area contributed by atoms with Crippen LogP contribution in [0.15, 0.2) is 48.7 Å². The number of nitrogens with zero attached hydrogens (tertiary/aromatic N) is 3. The van der Waals surface area contributed by atoms with E-state index in [0.717, 1.165) is 24.0 Å². The van der Waals surface area contributed by atoms with Crippen molar-refractivity contribution >= 4 is 22.6 Å². The summed E-state index contributed by atoms with van der Waals surface area (Å²) in [6, 6.07) is 11.9. The maximum atomic E-state index is 14.5. The number of rotatable bonds is 5. The number of carbonyl (C=O) groups is 1.